The Morgan fingerprint density at radius 3 is 2.76 bits per heavy atom. The van der Waals surface area contributed by atoms with E-state index >= 15 is 0 Å². The second-order valence-corrected chi connectivity index (χ2v) is 4.92. The van der Waals surface area contributed by atoms with Crippen molar-refractivity contribution in [3.63, 3.8) is 0 Å². The minimum atomic E-state index is -0.182. The Kier molecular flexibility index (Phi) is 3.98. The summed E-state index contributed by atoms with van der Waals surface area (Å²) in [5, 5.41) is 27.4. The molecule has 0 unspecified atom stereocenters. The van der Waals surface area contributed by atoms with Crippen LogP contribution < -0.4 is 4.90 Å². The van der Waals surface area contributed by atoms with E-state index in [-0.39, 0.29) is 18.5 Å². The van der Waals surface area contributed by atoms with Crippen LogP contribution in [0.1, 0.15) is 0 Å². The normalized spacial score (nSPS) is 18.7. The number of nitrogens with zero attached hydrogens (tertiary/aromatic N) is 3. The van der Waals surface area contributed by atoms with Crippen LogP contribution in [0.2, 0.25) is 0 Å². The predicted octanol–water partition coefficient (Wildman–Crippen LogP) is 1.05. The van der Waals surface area contributed by atoms with Gasteiger partial charge < -0.3 is 19.8 Å². The lowest BCUT2D eigenvalue weighted by atomic mass is 10.1. The molecule has 6 heteroatoms. The first-order valence-corrected chi connectivity index (χ1v) is 6.87. The molecule has 2 aromatic rings. The molecule has 6 nitrogen and oxygen atoms in total. The van der Waals surface area contributed by atoms with Gasteiger partial charge in [0, 0.05) is 18.7 Å². The van der Waals surface area contributed by atoms with Crippen LogP contribution in [0, 0.1) is 0 Å². The van der Waals surface area contributed by atoms with E-state index in [1.165, 1.54) is 0 Å². The number of benzene rings is 1. The maximum Gasteiger partial charge on any atom is 0.151 e. The van der Waals surface area contributed by atoms with E-state index in [1.807, 2.05) is 23.1 Å². The number of hydrogen-bond donors (Lipinski definition) is 2. The summed E-state index contributed by atoms with van der Waals surface area (Å²) in [7, 11) is 0. The fraction of sp³-hybridized carbons (Fsp3) is 0.333. The highest BCUT2D eigenvalue weighted by molar-refractivity contribution is 5.66. The number of morpholine rings is 1. The van der Waals surface area contributed by atoms with E-state index in [0.29, 0.717) is 24.4 Å². The molecule has 1 aliphatic heterocycles. The zero-order chi connectivity index (χ0) is 14.7. The molecular weight excluding hydrogens is 270 g/mol. The molecule has 0 amide bonds. The lowest BCUT2D eigenvalue weighted by Crippen LogP contribution is -2.44. The second kappa shape index (κ2) is 6.07. The maximum absolute atomic E-state index is 9.83. The lowest BCUT2D eigenvalue weighted by Gasteiger charge is -2.32. The van der Waals surface area contributed by atoms with Gasteiger partial charge in [-0.25, -0.2) is 0 Å². The van der Waals surface area contributed by atoms with Crippen LogP contribution in [0.4, 0.5) is 5.82 Å². The van der Waals surface area contributed by atoms with Crippen molar-refractivity contribution in [3.05, 3.63) is 36.4 Å². The zero-order valence-electron chi connectivity index (χ0n) is 11.5. The van der Waals surface area contributed by atoms with Gasteiger partial charge in [-0.1, -0.05) is 12.1 Å². The fourth-order valence-corrected chi connectivity index (χ4v) is 2.37. The van der Waals surface area contributed by atoms with Gasteiger partial charge in [-0.05, 0) is 24.3 Å². The molecule has 2 N–H and O–H groups in total. The first-order valence-electron chi connectivity index (χ1n) is 6.87. The van der Waals surface area contributed by atoms with Crippen LogP contribution >= 0.6 is 0 Å². The number of anilines is 1. The van der Waals surface area contributed by atoms with Crippen LogP contribution in [-0.4, -0.2) is 52.8 Å². The summed E-state index contributed by atoms with van der Waals surface area (Å²) in [4.78, 5) is 2.03. The Bertz CT molecular complexity index is 603. The molecule has 0 bridgehead atoms. The maximum atomic E-state index is 9.83. The molecule has 0 radical (unpaired) electrons. The van der Waals surface area contributed by atoms with Gasteiger partial charge in [-0.3, -0.25) is 0 Å². The quantitative estimate of drug-likeness (QED) is 0.878. The standard InChI is InChI=1S/C15H17N3O3/c19-10-11-9-18(7-8-21-11)15-6-5-13(16-17-15)12-3-1-2-4-14(12)20/h1-6,11,19-20H,7-10H2/t11-/m0/s1. The third-order valence-electron chi connectivity index (χ3n) is 3.50. The molecule has 1 aromatic heterocycles. The molecule has 0 spiro atoms. The minimum absolute atomic E-state index is 0.0000993. The van der Waals surface area contributed by atoms with Gasteiger partial charge in [-0.15, -0.1) is 10.2 Å². The van der Waals surface area contributed by atoms with Crippen molar-refractivity contribution < 1.29 is 14.9 Å². The molecule has 21 heavy (non-hydrogen) atoms. The summed E-state index contributed by atoms with van der Waals surface area (Å²) in [5.41, 5.74) is 1.29. The lowest BCUT2D eigenvalue weighted by molar-refractivity contribution is 0.00332. The van der Waals surface area contributed by atoms with Gasteiger partial charge in [0.25, 0.3) is 0 Å². The smallest absolute Gasteiger partial charge is 0.151 e. The summed E-state index contributed by atoms with van der Waals surface area (Å²) in [6, 6.07) is 10.7. The first kappa shape index (κ1) is 13.8. The van der Waals surface area contributed by atoms with Crippen molar-refractivity contribution >= 4 is 5.82 Å². The van der Waals surface area contributed by atoms with Crippen LogP contribution in [0.15, 0.2) is 36.4 Å². The second-order valence-electron chi connectivity index (χ2n) is 4.92. The number of phenols is 1. The summed E-state index contributed by atoms with van der Waals surface area (Å²) < 4.78 is 5.41. The summed E-state index contributed by atoms with van der Waals surface area (Å²) in [5.74, 6) is 0.933. The Morgan fingerprint density at radius 2 is 2.05 bits per heavy atom. The number of rotatable bonds is 3. The molecule has 0 aliphatic carbocycles. The summed E-state index contributed by atoms with van der Waals surface area (Å²) in [6.45, 7) is 1.89. The molecule has 0 saturated carbocycles. The molecule has 110 valence electrons. The van der Waals surface area contributed by atoms with E-state index in [9.17, 15) is 5.11 Å². The van der Waals surface area contributed by atoms with Crippen molar-refractivity contribution in [1.29, 1.82) is 0 Å². The monoisotopic (exact) mass is 287 g/mol. The van der Waals surface area contributed by atoms with Gasteiger partial charge in [-0.2, -0.15) is 0 Å². The number of aliphatic hydroxyl groups is 1. The number of aliphatic hydroxyl groups excluding tert-OH is 1. The topological polar surface area (TPSA) is 78.7 Å². The van der Waals surface area contributed by atoms with Crippen LogP contribution in [0.25, 0.3) is 11.3 Å². The fourth-order valence-electron chi connectivity index (χ4n) is 2.37. The Hall–Kier alpha value is -2.18. The molecular formula is C15H17N3O3. The molecule has 1 aromatic carbocycles. The van der Waals surface area contributed by atoms with Crippen LogP contribution in [0.5, 0.6) is 5.75 Å². The third-order valence-corrected chi connectivity index (χ3v) is 3.50. The SMILES string of the molecule is OC[C@@H]1CN(c2ccc(-c3ccccc3O)nn2)CCO1. The van der Waals surface area contributed by atoms with Gasteiger partial charge in [0.15, 0.2) is 5.82 Å². The summed E-state index contributed by atoms with van der Waals surface area (Å²) in [6.07, 6.45) is -0.182. The van der Waals surface area contributed by atoms with E-state index in [2.05, 4.69) is 10.2 Å². The highest BCUT2D eigenvalue weighted by atomic mass is 16.5. The number of ether oxygens (including phenoxy) is 1. The Morgan fingerprint density at radius 1 is 1.19 bits per heavy atom. The van der Waals surface area contributed by atoms with Crippen molar-refractivity contribution in [2.75, 3.05) is 31.2 Å². The largest absolute Gasteiger partial charge is 0.507 e. The molecule has 2 heterocycles. The van der Waals surface area contributed by atoms with Gasteiger partial charge in [0.1, 0.15) is 5.75 Å². The number of aromatic hydroxyl groups is 1. The molecule has 1 atom stereocenters. The van der Waals surface area contributed by atoms with E-state index in [0.717, 1.165) is 12.4 Å². The van der Waals surface area contributed by atoms with E-state index in [4.69, 9.17) is 9.84 Å². The molecule has 1 aliphatic rings. The van der Waals surface area contributed by atoms with Crippen molar-refractivity contribution in [2.24, 2.45) is 0 Å². The zero-order valence-corrected chi connectivity index (χ0v) is 11.5. The molecule has 1 fully saturated rings. The Labute approximate surface area is 122 Å². The van der Waals surface area contributed by atoms with E-state index < -0.39 is 0 Å². The number of phenolic OH excluding ortho intramolecular Hbond substituents is 1. The third kappa shape index (κ3) is 2.96. The van der Waals surface area contributed by atoms with Crippen molar-refractivity contribution in [2.45, 2.75) is 6.10 Å². The van der Waals surface area contributed by atoms with Gasteiger partial charge >= 0.3 is 0 Å². The van der Waals surface area contributed by atoms with Crippen molar-refractivity contribution in [3.8, 4) is 17.0 Å². The first-order chi connectivity index (χ1) is 10.3. The van der Waals surface area contributed by atoms with Gasteiger partial charge in [0.2, 0.25) is 0 Å². The number of hydrogen-bond acceptors (Lipinski definition) is 6. The highest BCUT2D eigenvalue weighted by Gasteiger charge is 2.21. The van der Waals surface area contributed by atoms with Crippen LogP contribution in [0.3, 0.4) is 0 Å². The van der Waals surface area contributed by atoms with Crippen molar-refractivity contribution in [1.82, 2.24) is 10.2 Å². The average molecular weight is 287 g/mol. The average Bonchev–Trinajstić information content (AvgIpc) is 2.56. The Balaban J connectivity index is 1.80. The number of para-hydroxylation sites is 1. The molecule has 1 saturated heterocycles. The minimum Gasteiger partial charge on any atom is -0.507 e. The highest BCUT2D eigenvalue weighted by Crippen LogP contribution is 2.27. The predicted molar refractivity (Wildman–Crippen MR) is 78.2 cm³/mol. The van der Waals surface area contributed by atoms with Gasteiger partial charge in [0.05, 0.1) is 25.0 Å². The van der Waals surface area contributed by atoms with E-state index in [1.54, 1.807) is 18.2 Å². The number of aromatic nitrogens is 2. The summed E-state index contributed by atoms with van der Waals surface area (Å²) >= 11 is 0. The van der Waals surface area contributed by atoms with Crippen LogP contribution in [-0.2, 0) is 4.74 Å². The molecule has 3 rings (SSSR count).